The summed E-state index contributed by atoms with van der Waals surface area (Å²) in [7, 11) is 0. The lowest BCUT2D eigenvalue weighted by atomic mass is 10.2. The number of piperidine rings is 1. The summed E-state index contributed by atoms with van der Waals surface area (Å²) in [5, 5.41) is 2.68. The van der Waals surface area contributed by atoms with Gasteiger partial charge in [-0.15, -0.1) is 0 Å². The molecule has 4 nitrogen and oxygen atoms in total. The Bertz CT molecular complexity index is 457. The Morgan fingerprint density at radius 2 is 2.12 bits per heavy atom. The molecule has 1 N–H and O–H groups in total. The summed E-state index contributed by atoms with van der Waals surface area (Å²) in [5.74, 6) is -0.0843. The predicted octanol–water partition coefficient (Wildman–Crippen LogP) is 0.864. The van der Waals surface area contributed by atoms with E-state index < -0.39 is 6.04 Å². The first-order valence-corrected chi connectivity index (χ1v) is 5.76. The third-order valence-corrected chi connectivity index (χ3v) is 3.38. The maximum atomic E-state index is 11.8. The van der Waals surface area contributed by atoms with Crippen molar-refractivity contribution in [3.63, 3.8) is 0 Å². The van der Waals surface area contributed by atoms with E-state index in [-0.39, 0.29) is 30.3 Å². The number of nitrogens with one attached hydrogen (secondary N) is 1. The molecular weight excluding hydrogens is 218 g/mol. The highest BCUT2D eigenvalue weighted by molar-refractivity contribution is 5.93. The van der Waals surface area contributed by atoms with Crippen molar-refractivity contribution in [3.05, 3.63) is 35.9 Å². The van der Waals surface area contributed by atoms with E-state index in [1.807, 2.05) is 30.3 Å². The van der Waals surface area contributed by atoms with Gasteiger partial charge >= 0.3 is 5.97 Å². The van der Waals surface area contributed by atoms with Gasteiger partial charge in [0, 0.05) is 11.8 Å². The maximum Gasteiger partial charge on any atom is 0.329 e. The third-order valence-electron chi connectivity index (χ3n) is 3.38. The standard InChI is InChI=1S/C13H13NO3/c15-12-10-6-9(10)11(14-12)13(16)17-7-8-4-2-1-3-5-8/h1-5,9-11H,6-7H2,(H,14,15). The lowest BCUT2D eigenvalue weighted by molar-refractivity contribution is -0.148. The zero-order valence-corrected chi connectivity index (χ0v) is 9.26. The summed E-state index contributed by atoms with van der Waals surface area (Å²) in [6.07, 6.45) is 0.830. The zero-order chi connectivity index (χ0) is 11.8. The first kappa shape index (κ1) is 10.3. The molecule has 1 amide bonds. The number of carbonyl (C=O) groups is 2. The second-order valence-electron chi connectivity index (χ2n) is 4.59. The molecule has 3 rings (SSSR count). The van der Waals surface area contributed by atoms with Gasteiger partial charge in [0.15, 0.2) is 0 Å². The van der Waals surface area contributed by atoms with Crippen LogP contribution in [-0.4, -0.2) is 17.9 Å². The molecule has 3 atom stereocenters. The lowest BCUT2D eigenvalue weighted by Crippen LogP contribution is -2.38. The van der Waals surface area contributed by atoms with E-state index in [2.05, 4.69) is 5.32 Å². The number of fused-ring (bicyclic) bond motifs is 1. The van der Waals surface area contributed by atoms with Crippen molar-refractivity contribution >= 4 is 11.9 Å². The van der Waals surface area contributed by atoms with E-state index in [0.717, 1.165) is 12.0 Å². The molecule has 17 heavy (non-hydrogen) atoms. The van der Waals surface area contributed by atoms with Crippen molar-refractivity contribution in [2.45, 2.75) is 19.1 Å². The Morgan fingerprint density at radius 1 is 1.35 bits per heavy atom. The van der Waals surface area contributed by atoms with Crippen molar-refractivity contribution in [3.8, 4) is 0 Å². The summed E-state index contributed by atoms with van der Waals surface area (Å²) in [4.78, 5) is 23.1. The highest BCUT2D eigenvalue weighted by Gasteiger charge is 2.57. The molecule has 0 spiro atoms. The highest BCUT2D eigenvalue weighted by atomic mass is 16.5. The Balaban J connectivity index is 1.56. The number of carbonyl (C=O) groups excluding carboxylic acids is 2. The predicted molar refractivity (Wildman–Crippen MR) is 59.8 cm³/mol. The minimum Gasteiger partial charge on any atom is -0.459 e. The molecule has 88 valence electrons. The molecule has 1 aliphatic carbocycles. The largest absolute Gasteiger partial charge is 0.459 e. The van der Waals surface area contributed by atoms with Gasteiger partial charge in [0.2, 0.25) is 5.91 Å². The number of amides is 1. The molecule has 3 unspecified atom stereocenters. The normalized spacial score (nSPS) is 29.4. The monoisotopic (exact) mass is 231 g/mol. The van der Waals surface area contributed by atoms with Gasteiger partial charge in [0.1, 0.15) is 12.6 Å². The lowest BCUT2D eigenvalue weighted by Gasteiger charge is -2.12. The first-order valence-electron chi connectivity index (χ1n) is 5.76. The summed E-state index contributed by atoms with van der Waals surface area (Å²) in [6, 6.07) is 9.10. The number of ether oxygens (including phenoxy) is 1. The minimum atomic E-state index is -0.420. The van der Waals surface area contributed by atoms with Crippen molar-refractivity contribution in [2.75, 3.05) is 0 Å². The Kier molecular flexibility index (Phi) is 2.35. The Hall–Kier alpha value is -1.84. The topological polar surface area (TPSA) is 55.4 Å². The van der Waals surface area contributed by atoms with Crippen molar-refractivity contribution in [1.82, 2.24) is 5.32 Å². The molecule has 1 heterocycles. The number of hydrogen-bond acceptors (Lipinski definition) is 3. The van der Waals surface area contributed by atoms with Gasteiger partial charge in [-0.05, 0) is 12.0 Å². The molecule has 1 saturated carbocycles. The van der Waals surface area contributed by atoms with Crippen LogP contribution in [0.2, 0.25) is 0 Å². The van der Waals surface area contributed by atoms with E-state index in [1.165, 1.54) is 0 Å². The molecule has 1 aromatic carbocycles. The summed E-state index contributed by atoms with van der Waals surface area (Å²) >= 11 is 0. The van der Waals surface area contributed by atoms with Crippen molar-refractivity contribution in [2.24, 2.45) is 11.8 Å². The minimum absolute atomic E-state index is 0.00309. The number of rotatable bonds is 3. The second-order valence-corrected chi connectivity index (χ2v) is 4.59. The van der Waals surface area contributed by atoms with Crippen LogP contribution in [0.15, 0.2) is 30.3 Å². The number of hydrogen-bond donors (Lipinski definition) is 1. The van der Waals surface area contributed by atoms with Crippen LogP contribution in [0.3, 0.4) is 0 Å². The van der Waals surface area contributed by atoms with Crippen LogP contribution in [0, 0.1) is 11.8 Å². The van der Waals surface area contributed by atoms with Crippen LogP contribution in [0.4, 0.5) is 0 Å². The summed E-state index contributed by atoms with van der Waals surface area (Å²) in [6.45, 7) is 0.267. The van der Waals surface area contributed by atoms with Gasteiger partial charge < -0.3 is 10.1 Å². The van der Waals surface area contributed by atoms with Crippen LogP contribution in [0.25, 0.3) is 0 Å². The van der Waals surface area contributed by atoms with Crippen LogP contribution in [0.1, 0.15) is 12.0 Å². The fourth-order valence-electron chi connectivity index (χ4n) is 2.30. The van der Waals surface area contributed by atoms with Crippen LogP contribution >= 0.6 is 0 Å². The van der Waals surface area contributed by atoms with Crippen LogP contribution < -0.4 is 5.32 Å². The molecule has 1 aromatic rings. The van der Waals surface area contributed by atoms with Gasteiger partial charge in [-0.3, -0.25) is 4.79 Å². The Labute approximate surface area is 99.0 Å². The molecule has 1 saturated heterocycles. The van der Waals surface area contributed by atoms with Gasteiger partial charge in [-0.1, -0.05) is 30.3 Å². The fraction of sp³-hybridized carbons (Fsp3) is 0.385. The van der Waals surface area contributed by atoms with E-state index in [1.54, 1.807) is 0 Å². The second kappa shape index (κ2) is 3.87. The van der Waals surface area contributed by atoms with Gasteiger partial charge in [0.25, 0.3) is 0 Å². The molecule has 0 radical (unpaired) electrons. The molecule has 2 fully saturated rings. The van der Waals surface area contributed by atoms with E-state index in [9.17, 15) is 9.59 Å². The number of benzene rings is 1. The van der Waals surface area contributed by atoms with Gasteiger partial charge in [-0.2, -0.15) is 0 Å². The van der Waals surface area contributed by atoms with Crippen LogP contribution in [0.5, 0.6) is 0 Å². The summed E-state index contributed by atoms with van der Waals surface area (Å²) in [5.41, 5.74) is 0.956. The summed E-state index contributed by atoms with van der Waals surface area (Å²) < 4.78 is 5.20. The van der Waals surface area contributed by atoms with Gasteiger partial charge in [0.05, 0.1) is 0 Å². The van der Waals surface area contributed by atoms with Crippen molar-refractivity contribution in [1.29, 1.82) is 0 Å². The molecule has 2 aliphatic rings. The fourth-order valence-corrected chi connectivity index (χ4v) is 2.30. The molecule has 0 bridgehead atoms. The zero-order valence-electron chi connectivity index (χ0n) is 9.26. The molecule has 1 aliphatic heterocycles. The molecule has 4 heteroatoms. The van der Waals surface area contributed by atoms with Crippen molar-refractivity contribution < 1.29 is 14.3 Å². The number of esters is 1. The van der Waals surface area contributed by atoms with E-state index in [0.29, 0.717) is 0 Å². The van der Waals surface area contributed by atoms with E-state index >= 15 is 0 Å². The SMILES string of the molecule is O=C1NC(C(=O)OCc2ccccc2)C2CC12. The van der Waals surface area contributed by atoms with Gasteiger partial charge in [-0.25, -0.2) is 4.79 Å². The quantitative estimate of drug-likeness (QED) is 0.785. The smallest absolute Gasteiger partial charge is 0.329 e. The molecule has 0 aromatic heterocycles. The average molecular weight is 231 g/mol. The first-order chi connectivity index (χ1) is 8.25. The van der Waals surface area contributed by atoms with Crippen LogP contribution in [-0.2, 0) is 20.9 Å². The van der Waals surface area contributed by atoms with E-state index in [4.69, 9.17) is 4.74 Å². The maximum absolute atomic E-state index is 11.8. The third kappa shape index (κ3) is 1.90. The Morgan fingerprint density at radius 3 is 2.71 bits per heavy atom. The highest BCUT2D eigenvalue weighted by Crippen LogP contribution is 2.46. The molecular formula is C13H13NO3. The average Bonchev–Trinajstić information content (AvgIpc) is 3.08.